The van der Waals surface area contributed by atoms with Gasteiger partial charge >= 0.3 is 0 Å². The minimum Gasteiger partial charge on any atom is -0.491 e. The molecule has 9 nitrogen and oxygen atoms in total. The van der Waals surface area contributed by atoms with Crippen LogP contribution in [0.4, 0.5) is 17.6 Å². The summed E-state index contributed by atoms with van der Waals surface area (Å²) in [6.45, 7) is 1.27. The Balaban J connectivity index is 1.50. The number of halogens is 4. The van der Waals surface area contributed by atoms with E-state index in [1.165, 1.54) is 40.5 Å². The van der Waals surface area contributed by atoms with Gasteiger partial charge in [0.15, 0.2) is 28.8 Å². The summed E-state index contributed by atoms with van der Waals surface area (Å²) >= 11 is 0. The van der Waals surface area contributed by atoms with Crippen LogP contribution in [0.1, 0.15) is 27.3 Å². The van der Waals surface area contributed by atoms with Crippen LogP contribution < -0.4 is 19.6 Å². The van der Waals surface area contributed by atoms with Crippen molar-refractivity contribution in [1.82, 2.24) is 15.0 Å². The first-order valence-corrected chi connectivity index (χ1v) is 13.3. The van der Waals surface area contributed by atoms with Gasteiger partial charge in [0.05, 0.1) is 43.2 Å². The normalized spacial score (nSPS) is 11.1. The SMILES string of the molecule is COCc1[nH]c(C)c(-c2ccc(F)cc2F)c(=O)c1C(=O)Cc1cc(F)c(Oc2ccnc3cc(OC)c(OC)nc23)cc1F. The van der Waals surface area contributed by atoms with Crippen molar-refractivity contribution in [2.24, 2.45) is 0 Å². The van der Waals surface area contributed by atoms with E-state index < -0.39 is 52.2 Å². The topological polar surface area (TPSA) is 113 Å². The number of aromatic nitrogens is 3. The van der Waals surface area contributed by atoms with E-state index in [4.69, 9.17) is 18.9 Å². The lowest BCUT2D eigenvalue weighted by Gasteiger charge is -2.15. The fraction of sp³-hybridized carbons (Fsp3) is 0.188. The third-order valence-corrected chi connectivity index (χ3v) is 6.93. The third kappa shape index (κ3) is 6.07. The van der Waals surface area contributed by atoms with Crippen molar-refractivity contribution in [1.29, 1.82) is 0 Å². The Morgan fingerprint density at radius 2 is 1.67 bits per heavy atom. The smallest absolute Gasteiger partial charge is 0.257 e. The fourth-order valence-corrected chi connectivity index (χ4v) is 4.90. The second-order valence-electron chi connectivity index (χ2n) is 9.82. The van der Waals surface area contributed by atoms with Crippen LogP contribution in [0.2, 0.25) is 0 Å². The van der Waals surface area contributed by atoms with Gasteiger partial charge in [-0.1, -0.05) is 0 Å². The number of rotatable bonds is 10. The number of H-pyrrole nitrogens is 1. The van der Waals surface area contributed by atoms with E-state index >= 15 is 8.78 Å². The highest BCUT2D eigenvalue weighted by atomic mass is 19.1. The minimum atomic E-state index is -1.01. The molecule has 13 heteroatoms. The lowest BCUT2D eigenvalue weighted by Crippen LogP contribution is -2.25. The summed E-state index contributed by atoms with van der Waals surface area (Å²) in [4.78, 5) is 38.4. The van der Waals surface area contributed by atoms with Crippen LogP contribution in [0.3, 0.4) is 0 Å². The molecule has 0 spiro atoms. The number of aromatic amines is 1. The number of nitrogens with zero attached hydrogens (tertiary/aromatic N) is 2. The summed E-state index contributed by atoms with van der Waals surface area (Å²) in [5.74, 6) is -4.79. The van der Waals surface area contributed by atoms with Gasteiger partial charge in [0, 0.05) is 55.3 Å². The molecule has 45 heavy (non-hydrogen) atoms. The number of carbonyl (C=O) groups is 1. The van der Waals surface area contributed by atoms with Gasteiger partial charge in [-0.15, -0.1) is 0 Å². The summed E-state index contributed by atoms with van der Waals surface area (Å²) in [5, 5.41) is 0. The molecule has 5 rings (SSSR count). The summed E-state index contributed by atoms with van der Waals surface area (Å²) < 4.78 is 80.0. The second-order valence-corrected chi connectivity index (χ2v) is 9.82. The molecule has 0 atom stereocenters. The van der Waals surface area contributed by atoms with E-state index in [1.54, 1.807) is 6.07 Å². The molecule has 0 radical (unpaired) electrons. The number of ketones is 1. The first kappa shape index (κ1) is 31.1. The Hall–Kier alpha value is -5.30. The Morgan fingerprint density at radius 1 is 0.889 bits per heavy atom. The predicted molar refractivity (Wildman–Crippen MR) is 155 cm³/mol. The molecule has 0 unspecified atom stereocenters. The van der Waals surface area contributed by atoms with Crippen molar-refractivity contribution < 1.29 is 41.3 Å². The Morgan fingerprint density at radius 3 is 2.36 bits per heavy atom. The molecule has 1 N–H and O–H groups in total. The molecular formula is C32H25F4N3O6. The molecule has 0 aliphatic rings. The average Bonchev–Trinajstić information content (AvgIpc) is 3.00. The van der Waals surface area contributed by atoms with Crippen LogP contribution in [0.5, 0.6) is 23.1 Å². The first-order chi connectivity index (χ1) is 21.6. The number of methoxy groups -OCH3 is 3. The third-order valence-electron chi connectivity index (χ3n) is 6.93. The molecule has 2 aromatic carbocycles. The molecular weight excluding hydrogens is 598 g/mol. The van der Waals surface area contributed by atoms with Crippen molar-refractivity contribution in [2.75, 3.05) is 21.3 Å². The van der Waals surface area contributed by atoms with Gasteiger partial charge in [-0.3, -0.25) is 14.6 Å². The Kier molecular flexibility index (Phi) is 8.82. The van der Waals surface area contributed by atoms with Crippen molar-refractivity contribution in [2.45, 2.75) is 20.0 Å². The number of fused-ring (bicyclic) bond motifs is 1. The van der Waals surface area contributed by atoms with Gasteiger partial charge in [-0.05, 0) is 30.7 Å². The van der Waals surface area contributed by atoms with Crippen LogP contribution >= 0.6 is 0 Å². The second kappa shape index (κ2) is 12.7. The number of pyridine rings is 3. The van der Waals surface area contributed by atoms with Gasteiger partial charge in [-0.2, -0.15) is 0 Å². The number of aryl methyl sites for hydroxylation is 1. The van der Waals surface area contributed by atoms with Crippen LogP contribution in [-0.4, -0.2) is 42.1 Å². The molecule has 0 aliphatic heterocycles. The van der Waals surface area contributed by atoms with Crippen LogP contribution in [0, 0.1) is 30.2 Å². The lowest BCUT2D eigenvalue weighted by atomic mass is 9.95. The van der Waals surface area contributed by atoms with E-state index in [0.717, 1.165) is 24.3 Å². The molecule has 0 aliphatic carbocycles. The maximum atomic E-state index is 15.3. The number of hydrogen-bond donors (Lipinski definition) is 1. The highest BCUT2D eigenvalue weighted by Gasteiger charge is 2.25. The standard InChI is InChI=1S/C32H25F4N3O6/c1-15-28(18-6-5-17(33)11-20(18)35)31(41)29(23(38-15)14-42-2)24(40)10-16-9-21(36)26(12-19(16)34)45-25-7-8-37-22-13-27(43-3)32(44-4)39-30(22)25/h5-9,11-13H,10,14H2,1-4H3,(H,38,41). The van der Waals surface area contributed by atoms with Crippen molar-refractivity contribution in [3.8, 4) is 34.3 Å². The van der Waals surface area contributed by atoms with Gasteiger partial charge in [-0.25, -0.2) is 22.5 Å². The number of ether oxygens (including phenoxy) is 4. The lowest BCUT2D eigenvalue weighted by molar-refractivity contribution is 0.0984. The highest BCUT2D eigenvalue weighted by molar-refractivity contribution is 5.99. The summed E-state index contributed by atoms with van der Waals surface area (Å²) in [6.07, 6.45) is 0.656. The highest BCUT2D eigenvalue weighted by Crippen LogP contribution is 2.35. The fourth-order valence-electron chi connectivity index (χ4n) is 4.90. The number of Topliss-reactive ketones (excluding diaryl/α,β-unsaturated/α-hetero) is 1. The maximum Gasteiger partial charge on any atom is 0.257 e. The van der Waals surface area contributed by atoms with Crippen LogP contribution in [0.25, 0.3) is 22.2 Å². The molecule has 0 bridgehead atoms. The maximum absolute atomic E-state index is 15.3. The predicted octanol–water partition coefficient (Wildman–Crippen LogP) is 6.23. The summed E-state index contributed by atoms with van der Waals surface area (Å²) in [6, 6.07) is 7.15. The van der Waals surface area contributed by atoms with Crippen LogP contribution in [-0.2, 0) is 17.8 Å². The van der Waals surface area contributed by atoms with E-state index in [-0.39, 0.29) is 51.8 Å². The van der Waals surface area contributed by atoms with Crippen molar-refractivity contribution >= 4 is 16.8 Å². The van der Waals surface area contributed by atoms with Crippen molar-refractivity contribution in [3.05, 3.63) is 105 Å². The molecule has 0 amide bonds. The zero-order valence-electron chi connectivity index (χ0n) is 24.4. The minimum absolute atomic E-state index is 0.0408. The molecule has 232 valence electrons. The monoisotopic (exact) mass is 623 g/mol. The zero-order valence-corrected chi connectivity index (χ0v) is 24.4. The van der Waals surface area contributed by atoms with Gasteiger partial charge in [0.2, 0.25) is 5.43 Å². The number of benzene rings is 2. The number of carbonyl (C=O) groups excluding carboxylic acids is 1. The molecule has 3 heterocycles. The van der Waals surface area contributed by atoms with Gasteiger partial charge < -0.3 is 23.9 Å². The molecule has 0 saturated heterocycles. The Bertz CT molecular complexity index is 2010. The summed E-state index contributed by atoms with van der Waals surface area (Å²) in [5.41, 5.74) is -1.34. The van der Waals surface area contributed by atoms with Gasteiger partial charge in [0.1, 0.15) is 23.0 Å². The molecule has 3 aromatic heterocycles. The largest absolute Gasteiger partial charge is 0.491 e. The van der Waals surface area contributed by atoms with Crippen molar-refractivity contribution in [3.63, 3.8) is 0 Å². The van der Waals surface area contributed by atoms with E-state index in [2.05, 4.69) is 15.0 Å². The van der Waals surface area contributed by atoms with Gasteiger partial charge in [0.25, 0.3) is 5.88 Å². The quantitative estimate of drug-likeness (QED) is 0.144. The molecule has 0 saturated carbocycles. The van der Waals surface area contributed by atoms with E-state index in [9.17, 15) is 18.4 Å². The first-order valence-electron chi connectivity index (χ1n) is 13.3. The van der Waals surface area contributed by atoms with Crippen LogP contribution in [0.15, 0.2) is 53.5 Å². The summed E-state index contributed by atoms with van der Waals surface area (Å²) in [7, 11) is 4.14. The zero-order chi connectivity index (χ0) is 32.4. The molecule has 0 fully saturated rings. The number of hydrogen-bond acceptors (Lipinski definition) is 8. The van der Waals surface area contributed by atoms with E-state index in [1.807, 2.05) is 0 Å². The molecule has 5 aromatic rings. The van der Waals surface area contributed by atoms with E-state index in [0.29, 0.717) is 17.3 Å². The number of nitrogens with one attached hydrogen (secondary N) is 1. The average molecular weight is 624 g/mol. The Labute approximate surface area is 253 Å².